The van der Waals surface area contributed by atoms with E-state index in [4.69, 9.17) is 0 Å². The zero-order chi connectivity index (χ0) is 43.1. The van der Waals surface area contributed by atoms with E-state index in [0.717, 1.165) is 5.69 Å². The van der Waals surface area contributed by atoms with E-state index in [-0.39, 0.29) is 6.71 Å². The minimum Gasteiger partial charge on any atom is -0.311 e. The normalized spacial score (nSPS) is 13.6. The van der Waals surface area contributed by atoms with Crippen molar-refractivity contribution < 1.29 is 0 Å². The van der Waals surface area contributed by atoms with Gasteiger partial charge in [-0.25, -0.2) is 0 Å². The summed E-state index contributed by atoms with van der Waals surface area (Å²) in [6.45, 7) is 2.28. The van der Waals surface area contributed by atoms with Crippen molar-refractivity contribution in [3.63, 3.8) is 0 Å². The summed E-state index contributed by atoms with van der Waals surface area (Å²) in [5, 5.41) is 5.75. The Labute approximate surface area is 386 Å². The lowest BCUT2D eigenvalue weighted by molar-refractivity contribution is 1.27. The zero-order valence-corrected chi connectivity index (χ0v) is 37.8. The number of nitrogens with zero attached hydrogens (tertiary/aromatic N) is 1. The molecule has 3 aliphatic rings. The molecule has 13 rings (SSSR count). The average molecular weight is 860 g/mol. The molecule has 3 aliphatic heterocycles. The van der Waals surface area contributed by atoms with Gasteiger partial charge in [-0.3, -0.25) is 0 Å². The molecule has 65 heavy (non-hydrogen) atoms. The summed E-state index contributed by atoms with van der Waals surface area (Å²) < 4.78 is 0. The summed E-state index contributed by atoms with van der Waals surface area (Å²) in [6, 6.07) is 89.4. The Hall–Kier alpha value is -7.37. The first-order valence-electron chi connectivity index (χ1n) is 22.6. The van der Waals surface area contributed by atoms with Crippen LogP contribution in [0.3, 0.4) is 0 Å². The van der Waals surface area contributed by atoms with E-state index in [1.807, 2.05) is 11.8 Å². The van der Waals surface area contributed by atoms with E-state index >= 15 is 0 Å². The standard InChI is InChI=1S/C61H42BNSSi/c1-41-20-14-15-29-50(41)46-37-56-61-58(38-46)64-57-32-18-17-31-53(57)62(61)54-40-60-52(51-30-16-19-33-59(51)65(60,48-25-10-4-11-26-48)49-27-12-5-13-28-49)39-55(54)63(56)47-35-44(42-21-6-2-7-22-42)34-45(36-47)43-23-8-3-9-24-43/h2-40H,1H3. The lowest BCUT2D eigenvalue weighted by atomic mass is 9.34. The number of hydrogen-bond acceptors (Lipinski definition) is 2. The Bertz CT molecular complexity index is 3380. The summed E-state index contributed by atoms with van der Waals surface area (Å²) >= 11 is 1.93. The molecule has 0 saturated heterocycles. The first-order chi connectivity index (χ1) is 32.1. The molecule has 0 aromatic heterocycles. The quantitative estimate of drug-likeness (QED) is 0.153. The van der Waals surface area contributed by atoms with Crippen molar-refractivity contribution in [3.05, 3.63) is 242 Å². The highest BCUT2D eigenvalue weighted by atomic mass is 32.2. The van der Waals surface area contributed by atoms with Crippen molar-refractivity contribution >= 4 is 80.7 Å². The van der Waals surface area contributed by atoms with Crippen molar-refractivity contribution in [3.8, 4) is 44.5 Å². The summed E-state index contributed by atoms with van der Waals surface area (Å²) in [5.74, 6) is 0. The summed E-state index contributed by atoms with van der Waals surface area (Å²) in [5.41, 5.74) is 19.0. The van der Waals surface area contributed by atoms with Gasteiger partial charge < -0.3 is 4.90 Å². The van der Waals surface area contributed by atoms with Crippen LogP contribution in [0.2, 0.25) is 0 Å². The van der Waals surface area contributed by atoms with Gasteiger partial charge in [0.05, 0.1) is 0 Å². The molecule has 0 aliphatic carbocycles. The monoisotopic (exact) mass is 859 g/mol. The number of fused-ring (bicyclic) bond motifs is 7. The first-order valence-corrected chi connectivity index (χ1v) is 25.4. The van der Waals surface area contributed by atoms with Crippen LogP contribution in [0.1, 0.15) is 5.56 Å². The van der Waals surface area contributed by atoms with E-state index in [2.05, 4.69) is 248 Å². The van der Waals surface area contributed by atoms with Crippen LogP contribution >= 0.6 is 11.8 Å². The maximum atomic E-state index is 2.68. The van der Waals surface area contributed by atoms with Crippen molar-refractivity contribution in [2.24, 2.45) is 0 Å². The molecule has 0 fully saturated rings. The SMILES string of the molecule is Cc1ccccc1-c1cc2c3c(c1)N(c1cc(-c4ccccc4)cc(-c4ccccc4)c1)c1cc4c(cc1B3c1ccccc1S2)[Si](c1ccccc1)(c1ccccc1)c1ccccc1-4. The predicted octanol–water partition coefficient (Wildman–Crippen LogP) is 11.1. The molecule has 10 aromatic rings. The van der Waals surface area contributed by atoms with Gasteiger partial charge in [-0.15, -0.1) is 0 Å². The van der Waals surface area contributed by atoms with Crippen LogP contribution in [0.5, 0.6) is 0 Å². The van der Waals surface area contributed by atoms with E-state index in [9.17, 15) is 0 Å². The van der Waals surface area contributed by atoms with Gasteiger partial charge in [-0.05, 0) is 131 Å². The van der Waals surface area contributed by atoms with Crippen LogP contribution in [-0.2, 0) is 0 Å². The maximum Gasteiger partial charge on any atom is 0.249 e. The summed E-state index contributed by atoms with van der Waals surface area (Å²) in [6.07, 6.45) is 0. The predicted molar refractivity (Wildman–Crippen MR) is 280 cm³/mol. The topological polar surface area (TPSA) is 3.24 Å². The maximum absolute atomic E-state index is 2.80. The Morgan fingerprint density at radius 3 is 1.62 bits per heavy atom. The first kappa shape index (κ1) is 38.1. The number of benzene rings is 10. The number of rotatable bonds is 6. The highest BCUT2D eigenvalue weighted by Gasteiger charge is 2.51. The van der Waals surface area contributed by atoms with Crippen molar-refractivity contribution in [1.29, 1.82) is 0 Å². The smallest absolute Gasteiger partial charge is 0.249 e. The van der Waals surface area contributed by atoms with Crippen molar-refractivity contribution in [2.45, 2.75) is 16.7 Å². The molecule has 3 heterocycles. The zero-order valence-electron chi connectivity index (χ0n) is 35.9. The molecule has 0 radical (unpaired) electrons. The van der Waals surface area contributed by atoms with Crippen molar-refractivity contribution in [1.82, 2.24) is 0 Å². The van der Waals surface area contributed by atoms with Crippen LogP contribution in [0.4, 0.5) is 17.1 Å². The number of hydrogen-bond donors (Lipinski definition) is 0. The molecule has 10 aromatic carbocycles. The van der Waals surface area contributed by atoms with Crippen LogP contribution < -0.4 is 42.0 Å². The Kier molecular flexibility index (Phi) is 8.87. The molecule has 1 nitrogen and oxygen atoms in total. The second-order valence-electron chi connectivity index (χ2n) is 17.6. The fourth-order valence-corrected chi connectivity index (χ4v) is 17.7. The molecule has 0 unspecified atom stereocenters. The van der Waals surface area contributed by atoms with E-state index in [1.54, 1.807) is 0 Å². The Balaban J connectivity index is 1.17. The van der Waals surface area contributed by atoms with Gasteiger partial charge in [0.1, 0.15) is 0 Å². The number of anilines is 3. The van der Waals surface area contributed by atoms with Gasteiger partial charge in [0.2, 0.25) is 6.71 Å². The molecule has 0 spiro atoms. The van der Waals surface area contributed by atoms with Crippen LogP contribution in [0, 0.1) is 6.92 Å². The Morgan fingerprint density at radius 2 is 0.954 bits per heavy atom. The van der Waals surface area contributed by atoms with Crippen molar-refractivity contribution in [2.75, 3.05) is 4.90 Å². The van der Waals surface area contributed by atoms with E-state index in [0.29, 0.717) is 0 Å². The highest BCUT2D eigenvalue weighted by molar-refractivity contribution is 8.00. The second kappa shape index (κ2) is 15.1. The second-order valence-corrected chi connectivity index (χ2v) is 22.4. The van der Waals surface area contributed by atoms with Gasteiger partial charge >= 0.3 is 0 Å². The summed E-state index contributed by atoms with van der Waals surface area (Å²) in [7, 11) is -2.80. The molecule has 304 valence electrons. The molecule has 0 amide bonds. The van der Waals surface area contributed by atoms with E-state index < -0.39 is 8.07 Å². The fraction of sp³-hybridized carbons (Fsp3) is 0.0164. The van der Waals surface area contributed by atoms with Gasteiger partial charge in [-0.2, -0.15) is 0 Å². The van der Waals surface area contributed by atoms with Gasteiger partial charge in [0.25, 0.3) is 0 Å². The molecule has 0 atom stereocenters. The molecular formula is C61H42BNSSi. The molecule has 0 bridgehead atoms. The molecule has 0 saturated carbocycles. The van der Waals surface area contributed by atoms with Crippen LogP contribution in [-0.4, -0.2) is 14.8 Å². The molecular weight excluding hydrogens is 818 g/mol. The molecule has 0 N–H and O–H groups in total. The minimum absolute atomic E-state index is 0.0350. The third kappa shape index (κ3) is 5.87. The van der Waals surface area contributed by atoms with Gasteiger partial charge in [-0.1, -0.05) is 211 Å². The highest BCUT2D eigenvalue weighted by Crippen LogP contribution is 2.47. The van der Waals surface area contributed by atoms with Gasteiger partial charge in [0.15, 0.2) is 8.07 Å². The van der Waals surface area contributed by atoms with Gasteiger partial charge in [0, 0.05) is 26.9 Å². The third-order valence-corrected chi connectivity index (χ3v) is 20.1. The number of aryl methyl sites for hydroxylation is 1. The third-order valence-electron chi connectivity index (χ3n) is 14.1. The van der Waals surface area contributed by atoms with Crippen LogP contribution in [0.25, 0.3) is 44.5 Å². The lowest BCUT2D eigenvalue weighted by Gasteiger charge is -2.42. The molecule has 4 heteroatoms. The van der Waals surface area contributed by atoms with Crippen LogP contribution in [0.15, 0.2) is 246 Å². The largest absolute Gasteiger partial charge is 0.311 e. The average Bonchev–Trinajstić information content (AvgIpc) is 3.66. The summed E-state index contributed by atoms with van der Waals surface area (Å²) in [4.78, 5) is 5.28. The minimum atomic E-state index is -2.80. The van der Waals surface area contributed by atoms with E-state index in [1.165, 1.54) is 108 Å². The fourth-order valence-electron chi connectivity index (χ4n) is 11.3. The Morgan fingerprint density at radius 1 is 0.385 bits per heavy atom. The lowest BCUT2D eigenvalue weighted by Crippen LogP contribution is -2.73.